The Morgan fingerprint density at radius 2 is 1.91 bits per heavy atom. The summed E-state index contributed by atoms with van der Waals surface area (Å²) in [5.41, 5.74) is 0.746. The summed E-state index contributed by atoms with van der Waals surface area (Å²) in [4.78, 5) is 31.4. The lowest BCUT2D eigenvalue weighted by Gasteiger charge is -2.37. The van der Waals surface area contributed by atoms with Gasteiger partial charge in [0.1, 0.15) is 13.2 Å². The van der Waals surface area contributed by atoms with Crippen LogP contribution in [0.1, 0.15) is 57.5 Å². The highest BCUT2D eigenvalue weighted by Crippen LogP contribution is 2.35. The van der Waals surface area contributed by atoms with Crippen LogP contribution in [0.2, 0.25) is 0 Å². The number of methoxy groups -OCH3 is 1. The van der Waals surface area contributed by atoms with Gasteiger partial charge in [-0.2, -0.15) is 0 Å². The molecule has 0 saturated heterocycles. The van der Waals surface area contributed by atoms with E-state index in [9.17, 15) is 9.59 Å². The summed E-state index contributed by atoms with van der Waals surface area (Å²) >= 11 is 1.72. The number of fused-ring (bicyclic) bond motifs is 1. The number of hydrogen-bond donors (Lipinski definition) is 1. The summed E-state index contributed by atoms with van der Waals surface area (Å²) in [6.45, 7) is 11.6. The maximum atomic E-state index is 13.6. The Hall–Kier alpha value is -2.74. The van der Waals surface area contributed by atoms with E-state index in [2.05, 4.69) is 30.6 Å². The number of hydrogen-bond acceptors (Lipinski definition) is 5. The molecule has 0 spiro atoms. The smallest absolute Gasteiger partial charge is 0.318 e. The summed E-state index contributed by atoms with van der Waals surface area (Å²) in [6.07, 6.45) is 1.64. The van der Waals surface area contributed by atoms with E-state index in [1.807, 2.05) is 49.9 Å². The van der Waals surface area contributed by atoms with Crippen molar-refractivity contribution in [1.82, 2.24) is 15.1 Å². The molecule has 0 saturated carbocycles. The first kappa shape index (κ1) is 26.9. The quantitative estimate of drug-likeness (QED) is 0.518. The summed E-state index contributed by atoms with van der Waals surface area (Å²) in [7, 11) is 1.62. The Morgan fingerprint density at radius 3 is 2.57 bits per heavy atom. The number of para-hydroxylation sites is 2. The molecule has 1 atom stereocenters. The maximum absolute atomic E-state index is 13.6. The lowest BCUT2D eigenvalue weighted by atomic mass is 10.0. The van der Waals surface area contributed by atoms with Gasteiger partial charge in [0.05, 0.1) is 13.2 Å². The monoisotopic (exact) mass is 501 g/mol. The fourth-order valence-corrected chi connectivity index (χ4v) is 5.03. The van der Waals surface area contributed by atoms with E-state index >= 15 is 0 Å². The Balaban J connectivity index is 1.78. The topological polar surface area (TPSA) is 71.1 Å². The van der Waals surface area contributed by atoms with Gasteiger partial charge in [-0.25, -0.2) is 4.79 Å². The molecule has 3 rings (SSSR count). The van der Waals surface area contributed by atoms with Crippen LogP contribution in [0.25, 0.3) is 0 Å². The number of rotatable bonds is 9. The van der Waals surface area contributed by atoms with Crippen LogP contribution in [0.3, 0.4) is 0 Å². The minimum atomic E-state index is -0.377. The molecule has 3 amide bonds. The molecular weight excluding hydrogens is 462 g/mol. The molecule has 2 aromatic rings. The van der Waals surface area contributed by atoms with Crippen molar-refractivity contribution in [3.8, 4) is 11.5 Å². The van der Waals surface area contributed by atoms with Gasteiger partial charge in [0, 0.05) is 23.5 Å². The molecule has 1 aliphatic heterocycles. The average Bonchev–Trinajstić information content (AvgIpc) is 3.28. The number of carbonyl (C=O) groups excluding carboxylic acids is 2. The summed E-state index contributed by atoms with van der Waals surface area (Å²) in [6, 6.07) is 9.17. The van der Waals surface area contributed by atoms with Gasteiger partial charge >= 0.3 is 6.03 Å². The molecule has 7 nitrogen and oxygen atoms in total. The Morgan fingerprint density at radius 1 is 1.20 bits per heavy atom. The van der Waals surface area contributed by atoms with Gasteiger partial charge in [-0.15, -0.1) is 11.3 Å². The van der Waals surface area contributed by atoms with Crippen LogP contribution >= 0.6 is 11.3 Å². The zero-order valence-electron chi connectivity index (χ0n) is 21.8. The Bertz CT molecular complexity index is 998. The van der Waals surface area contributed by atoms with Gasteiger partial charge in [0.15, 0.2) is 11.5 Å². The third-order valence-corrected chi connectivity index (χ3v) is 6.95. The van der Waals surface area contributed by atoms with Crippen molar-refractivity contribution in [3.63, 3.8) is 0 Å². The second-order valence-electron chi connectivity index (χ2n) is 10.4. The van der Waals surface area contributed by atoms with Crippen molar-refractivity contribution >= 4 is 23.3 Å². The molecular formula is C27H39N3O4S. The molecule has 2 heterocycles. The van der Waals surface area contributed by atoms with Crippen molar-refractivity contribution < 1.29 is 19.1 Å². The second kappa shape index (κ2) is 11.8. The van der Waals surface area contributed by atoms with Gasteiger partial charge in [0.2, 0.25) is 5.91 Å². The lowest BCUT2D eigenvalue weighted by Crippen LogP contribution is -2.53. The third kappa shape index (κ3) is 7.37. The van der Waals surface area contributed by atoms with Gasteiger partial charge in [-0.1, -0.05) is 26.0 Å². The highest BCUT2D eigenvalue weighted by molar-refractivity contribution is 7.10. The molecule has 8 heteroatoms. The number of nitrogens with zero attached hydrogens (tertiary/aromatic N) is 2. The van der Waals surface area contributed by atoms with E-state index in [1.54, 1.807) is 23.3 Å². The lowest BCUT2D eigenvalue weighted by molar-refractivity contribution is -0.135. The number of nitrogens with one attached hydrogen (secondary N) is 1. The first-order valence-electron chi connectivity index (χ1n) is 12.3. The predicted molar refractivity (Wildman–Crippen MR) is 140 cm³/mol. The van der Waals surface area contributed by atoms with E-state index in [-0.39, 0.29) is 30.1 Å². The maximum Gasteiger partial charge on any atom is 0.318 e. The summed E-state index contributed by atoms with van der Waals surface area (Å²) in [5, 5.41) is 5.08. The van der Waals surface area contributed by atoms with Gasteiger partial charge in [-0.05, 0) is 68.7 Å². The number of urea groups is 1. The molecule has 1 aromatic heterocycles. The molecule has 1 aromatic carbocycles. The predicted octanol–water partition coefficient (Wildman–Crippen LogP) is 5.12. The molecule has 35 heavy (non-hydrogen) atoms. The number of carbonyl (C=O) groups is 2. The molecule has 1 unspecified atom stereocenters. The second-order valence-corrected chi connectivity index (χ2v) is 11.4. The summed E-state index contributed by atoms with van der Waals surface area (Å²) in [5.74, 6) is 1.67. The number of benzene rings is 1. The molecule has 192 valence electrons. The average molecular weight is 502 g/mol. The fraction of sp³-hybridized carbons (Fsp3) is 0.556. The van der Waals surface area contributed by atoms with E-state index in [0.717, 1.165) is 18.4 Å². The van der Waals surface area contributed by atoms with Crippen molar-refractivity contribution in [3.05, 3.63) is 46.2 Å². The molecule has 0 radical (unpaired) electrons. The Kier molecular flexibility index (Phi) is 9.05. The van der Waals surface area contributed by atoms with E-state index in [1.165, 1.54) is 4.88 Å². The van der Waals surface area contributed by atoms with Crippen LogP contribution in [0.15, 0.2) is 35.7 Å². The SMILES string of the molecule is COc1ccccc1OCC1c2ccsc2CCN1C(=O)CN(CCC(C)C)C(=O)NC(C)(C)C. The largest absolute Gasteiger partial charge is 0.493 e. The minimum absolute atomic E-state index is 0.0409. The van der Waals surface area contributed by atoms with Crippen LogP contribution < -0.4 is 14.8 Å². The van der Waals surface area contributed by atoms with Crippen LogP contribution in [0, 0.1) is 5.92 Å². The highest BCUT2D eigenvalue weighted by Gasteiger charge is 2.34. The third-order valence-electron chi connectivity index (χ3n) is 5.95. The van der Waals surface area contributed by atoms with Gasteiger partial charge in [-0.3, -0.25) is 4.79 Å². The zero-order chi connectivity index (χ0) is 25.6. The number of amides is 3. The van der Waals surface area contributed by atoms with Crippen molar-refractivity contribution in [1.29, 1.82) is 0 Å². The first-order chi connectivity index (χ1) is 16.6. The zero-order valence-corrected chi connectivity index (χ0v) is 22.6. The van der Waals surface area contributed by atoms with Crippen molar-refractivity contribution in [2.75, 3.05) is 33.4 Å². The van der Waals surface area contributed by atoms with Crippen LogP contribution in [0.5, 0.6) is 11.5 Å². The number of ether oxygens (including phenoxy) is 2. The van der Waals surface area contributed by atoms with Gasteiger partial charge in [0.25, 0.3) is 0 Å². The van der Waals surface area contributed by atoms with E-state index < -0.39 is 0 Å². The highest BCUT2D eigenvalue weighted by atomic mass is 32.1. The van der Waals surface area contributed by atoms with E-state index in [4.69, 9.17) is 9.47 Å². The normalized spacial score (nSPS) is 15.5. The molecule has 1 N–H and O–H groups in total. The number of thiophene rings is 1. The Labute approximate surface area is 213 Å². The van der Waals surface area contributed by atoms with Crippen molar-refractivity contribution in [2.45, 2.75) is 59.0 Å². The first-order valence-corrected chi connectivity index (χ1v) is 13.2. The van der Waals surface area contributed by atoms with Crippen LogP contribution in [-0.4, -0.2) is 60.6 Å². The van der Waals surface area contributed by atoms with Crippen LogP contribution in [-0.2, 0) is 11.2 Å². The fourth-order valence-electron chi connectivity index (χ4n) is 4.10. The summed E-state index contributed by atoms with van der Waals surface area (Å²) < 4.78 is 11.6. The van der Waals surface area contributed by atoms with Crippen molar-refractivity contribution in [2.24, 2.45) is 5.92 Å². The van der Waals surface area contributed by atoms with Gasteiger partial charge < -0.3 is 24.6 Å². The molecule has 0 fully saturated rings. The minimum Gasteiger partial charge on any atom is -0.493 e. The molecule has 1 aliphatic rings. The standard InChI is InChI=1S/C27H39N3O4S/c1-19(2)11-14-29(26(32)28-27(3,4)5)17-25(31)30-15-12-24-20(13-16-35-24)21(30)18-34-23-10-8-7-9-22(23)33-6/h7-10,13,16,19,21H,11-12,14-15,17-18H2,1-6H3,(H,28,32). The molecule has 0 aliphatic carbocycles. The van der Waals surface area contributed by atoms with E-state index in [0.29, 0.717) is 37.1 Å². The van der Waals surface area contributed by atoms with Crippen LogP contribution in [0.4, 0.5) is 4.79 Å². The molecule has 0 bridgehead atoms.